The summed E-state index contributed by atoms with van der Waals surface area (Å²) < 4.78 is 32.8. The molecular formula is C14H24N2O3S2. The van der Waals surface area contributed by atoms with E-state index in [0.29, 0.717) is 4.90 Å². The van der Waals surface area contributed by atoms with Gasteiger partial charge in [-0.05, 0) is 38.8 Å². The van der Waals surface area contributed by atoms with Crippen LogP contribution in [0, 0.1) is 6.92 Å². The van der Waals surface area contributed by atoms with Crippen molar-refractivity contribution in [2.75, 3.05) is 13.7 Å². The third-order valence-corrected chi connectivity index (χ3v) is 6.52. The maximum absolute atomic E-state index is 12.4. The van der Waals surface area contributed by atoms with Crippen LogP contribution in [0.15, 0.2) is 11.0 Å². The number of methoxy groups -OCH3 is 1. The largest absolute Gasteiger partial charge is 0.381 e. The molecule has 0 aromatic carbocycles. The van der Waals surface area contributed by atoms with E-state index in [4.69, 9.17) is 4.74 Å². The molecule has 2 N–H and O–H groups in total. The van der Waals surface area contributed by atoms with Gasteiger partial charge in [0.15, 0.2) is 0 Å². The maximum atomic E-state index is 12.4. The van der Waals surface area contributed by atoms with Crippen LogP contribution in [0.25, 0.3) is 0 Å². The fraction of sp³-hybridized carbons (Fsp3) is 0.714. The summed E-state index contributed by atoms with van der Waals surface area (Å²) in [5.74, 6) is 0. The van der Waals surface area contributed by atoms with Crippen LogP contribution in [0.3, 0.4) is 0 Å². The first-order chi connectivity index (χ1) is 9.96. The van der Waals surface area contributed by atoms with Crippen molar-refractivity contribution in [2.24, 2.45) is 0 Å². The van der Waals surface area contributed by atoms with Crippen molar-refractivity contribution >= 4 is 21.4 Å². The number of hydrogen-bond acceptors (Lipinski definition) is 5. The number of nitrogens with one attached hydrogen (secondary N) is 2. The van der Waals surface area contributed by atoms with Gasteiger partial charge in [0, 0.05) is 29.5 Å². The van der Waals surface area contributed by atoms with Crippen molar-refractivity contribution in [3.8, 4) is 0 Å². The number of hydrogen-bond donors (Lipinski definition) is 2. The Balaban J connectivity index is 1.99. The van der Waals surface area contributed by atoms with Crippen LogP contribution >= 0.6 is 11.3 Å². The SMILES string of the molecule is CCCNCc1cc(S(=O)(=O)NC2CC(OC)C2)c(C)s1. The molecule has 0 aliphatic heterocycles. The summed E-state index contributed by atoms with van der Waals surface area (Å²) in [5.41, 5.74) is 0. The molecule has 120 valence electrons. The average molecular weight is 332 g/mol. The lowest BCUT2D eigenvalue weighted by Gasteiger charge is -2.34. The zero-order valence-electron chi connectivity index (χ0n) is 12.8. The van der Waals surface area contributed by atoms with Gasteiger partial charge in [-0.15, -0.1) is 11.3 Å². The predicted octanol–water partition coefficient (Wildman–Crippen LogP) is 2.01. The van der Waals surface area contributed by atoms with Crippen LogP contribution in [-0.2, 0) is 21.3 Å². The molecule has 0 bridgehead atoms. The molecule has 2 rings (SSSR count). The van der Waals surface area contributed by atoms with Gasteiger partial charge in [-0.3, -0.25) is 0 Å². The lowest BCUT2D eigenvalue weighted by Crippen LogP contribution is -2.47. The van der Waals surface area contributed by atoms with Crippen LogP contribution in [0.2, 0.25) is 0 Å². The average Bonchev–Trinajstić information content (AvgIpc) is 2.76. The minimum atomic E-state index is -3.42. The molecule has 0 amide bonds. The molecule has 0 radical (unpaired) electrons. The van der Waals surface area contributed by atoms with E-state index in [2.05, 4.69) is 17.0 Å². The molecule has 21 heavy (non-hydrogen) atoms. The summed E-state index contributed by atoms with van der Waals surface area (Å²) >= 11 is 1.54. The first kappa shape index (κ1) is 16.9. The Kier molecular flexibility index (Phi) is 5.79. The molecule has 1 saturated carbocycles. The van der Waals surface area contributed by atoms with Crippen LogP contribution in [0.1, 0.15) is 35.9 Å². The zero-order valence-corrected chi connectivity index (χ0v) is 14.4. The summed E-state index contributed by atoms with van der Waals surface area (Å²) in [5, 5.41) is 3.30. The fourth-order valence-corrected chi connectivity index (χ4v) is 5.27. The van der Waals surface area contributed by atoms with E-state index in [1.165, 1.54) is 0 Å². The predicted molar refractivity (Wildman–Crippen MR) is 85.2 cm³/mol. The molecule has 5 nitrogen and oxygen atoms in total. The first-order valence-electron chi connectivity index (χ1n) is 7.31. The van der Waals surface area contributed by atoms with E-state index in [1.54, 1.807) is 24.5 Å². The Morgan fingerprint density at radius 3 is 2.76 bits per heavy atom. The second-order valence-corrected chi connectivity index (χ2v) is 8.48. The molecule has 0 saturated heterocycles. The molecule has 1 heterocycles. The molecule has 1 fully saturated rings. The van der Waals surface area contributed by atoms with Crippen molar-refractivity contribution in [3.63, 3.8) is 0 Å². The van der Waals surface area contributed by atoms with Gasteiger partial charge >= 0.3 is 0 Å². The van der Waals surface area contributed by atoms with Gasteiger partial charge in [-0.25, -0.2) is 13.1 Å². The van der Waals surface area contributed by atoms with Gasteiger partial charge in [0.2, 0.25) is 10.0 Å². The van der Waals surface area contributed by atoms with Gasteiger partial charge in [0.1, 0.15) is 0 Å². The Bertz CT molecular complexity index is 563. The van der Waals surface area contributed by atoms with E-state index < -0.39 is 10.0 Å². The molecule has 1 aromatic rings. The Morgan fingerprint density at radius 2 is 2.14 bits per heavy atom. The number of ether oxygens (including phenoxy) is 1. The highest BCUT2D eigenvalue weighted by atomic mass is 32.2. The third kappa shape index (κ3) is 4.26. The molecular weight excluding hydrogens is 308 g/mol. The van der Waals surface area contributed by atoms with E-state index in [1.807, 2.05) is 6.92 Å². The van der Waals surface area contributed by atoms with Gasteiger partial charge in [-0.2, -0.15) is 0 Å². The molecule has 1 aliphatic carbocycles. The topological polar surface area (TPSA) is 67.4 Å². The normalized spacial score (nSPS) is 22.2. The van der Waals surface area contributed by atoms with Gasteiger partial charge in [0.05, 0.1) is 11.0 Å². The molecule has 1 aliphatic rings. The minimum Gasteiger partial charge on any atom is -0.381 e. The van der Waals surface area contributed by atoms with Crippen LogP contribution in [-0.4, -0.2) is 34.2 Å². The van der Waals surface area contributed by atoms with Crippen molar-refractivity contribution in [2.45, 2.75) is 56.7 Å². The quantitative estimate of drug-likeness (QED) is 0.715. The zero-order chi connectivity index (χ0) is 15.5. The summed E-state index contributed by atoms with van der Waals surface area (Å²) in [6, 6.07) is 1.79. The summed E-state index contributed by atoms with van der Waals surface area (Å²) in [4.78, 5) is 2.32. The maximum Gasteiger partial charge on any atom is 0.241 e. The summed E-state index contributed by atoms with van der Waals surface area (Å²) in [6.45, 7) is 5.64. The smallest absolute Gasteiger partial charge is 0.241 e. The Morgan fingerprint density at radius 1 is 1.43 bits per heavy atom. The van der Waals surface area contributed by atoms with E-state index in [9.17, 15) is 8.42 Å². The molecule has 7 heteroatoms. The highest BCUT2D eigenvalue weighted by molar-refractivity contribution is 7.89. The second-order valence-electron chi connectivity index (χ2n) is 5.46. The lowest BCUT2D eigenvalue weighted by molar-refractivity contribution is 0.0236. The highest BCUT2D eigenvalue weighted by Gasteiger charge is 2.33. The fourth-order valence-electron chi connectivity index (χ4n) is 2.40. The van der Waals surface area contributed by atoms with Crippen LogP contribution < -0.4 is 10.0 Å². The first-order valence-corrected chi connectivity index (χ1v) is 9.61. The monoisotopic (exact) mass is 332 g/mol. The Labute approximate surface area is 131 Å². The second kappa shape index (κ2) is 7.19. The van der Waals surface area contributed by atoms with Crippen LogP contribution in [0.5, 0.6) is 0 Å². The van der Waals surface area contributed by atoms with E-state index in [-0.39, 0.29) is 12.1 Å². The summed E-state index contributed by atoms with van der Waals surface area (Å²) in [6.07, 6.45) is 2.77. The Hall–Kier alpha value is -0.470. The van der Waals surface area contributed by atoms with Gasteiger partial charge in [0.25, 0.3) is 0 Å². The molecule has 1 aromatic heterocycles. The van der Waals surface area contributed by atoms with Crippen molar-refractivity contribution in [1.82, 2.24) is 10.0 Å². The number of sulfonamides is 1. The number of rotatable bonds is 8. The van der Waals surface area contributed by atoms with Crippen LogP contribution in [0.4, 0.5) is 0 Å². The van der Waals surface area contributed by atoms with Crippen molar-refractivity contribution in [3.05, 3.63) is 15.8 Å². The van der Waals surface area contributed by atoms with Gasteiger partial charge < -0.3 is 10.1 Å². The standard InChI is InChI=1S/C14H24N2O3S2/c1-4-5-15-9-13-8-14(10(2)20-13)21(17,18)16-11-6-12(7-11)19-3/h8,11-12,15-16H,4-7,9H2,1-3H3. The van der Waals surface area contributed by atoms with Crippen molar-refractivity contribution in [1.29, 1.82) is 0 Å². The number of aryl methyl sites for hydroxylation is 1. The van der Waals surface area contributed by atoms with E-state index in [0.717, 1.165) is 42.1 Å². The molecule has 0 spiro atoms. The number of thiophene rings is 1. The molecule has 0 unspecified atom stereocenters. The van der Waals surface area contributed by atoms with Crippen molar-refractivity contribution < 1.29 is 13.2 Å². The highest BCUT2D eigenvalue weighted by Crippen LogP contribution is 2.28. The van der Waals surface area contributed by atoms with E-state index >= 15 is 0 Å². The third-order valence-electron chi connectivity index (χ3n) is 3.69. The summed E-state index contributed by atoms with van der Waals surface area (Å²) in [7, 11) is -1.75. The minimum absolute atomic E-state index is 0.000849. The van der Waals surface area contributed by atoms with Gasteiger partial charge in [-0.1, -0.05) is 6.92 Å². The lowest BCUT2D eigenvalue weighted by atomic mass is 9.90. The molecule has 0 atom stereocenters.